The largest absolute Gasteiger partial charge is 0.462 e. The molecule has 0 fully saturated rings. The predicted molar refractivity (Wildman–Crippen MR) is 120 cm³/mol. The molecule has 1 amide bonds. The van der Waals surface area contributed by atoms with Crippen LogP contribution in [-0.4, -0.2) is 43.1 Å². The predicted octanol–water partition coefficient (Wildman–Crippen LogP) is 3.56. The summed E-state index contributed by atoms with van der Waals surface area (Å²) in [5.74, 6) is -0.886. The van der Waals surface area contributed by atoms with Gasteiger partial charge in [0.2, 0.25) is 10.0 Å². The molecule has 0 saturated carbocycles. The summed E-state index contributed by atoms with van der Waals surface area (Å²) >= 11 is 1.25. The minimum Gasteiger partial charge on any atom is -0.462 e. The molecule has 0 aliphatic carbocycles. The van der Waals surface area contributed by atoms with Crippen molar-refractivity contribution >= 4 is 44.1 Å². The van der Waals surface area contributed by atoms with Crippen LogP contribution >= 0.6 is 11.3 Å². The summed E-state index contributed by atoms with van der Waals surface area (Å²) in [6.07, 6.45) is 1.08. The first-order chi connectivity index (χ1) is 14.6. The quantitative estimate of drug-likeness (QED) is 0.460. The molecule has 3 aromatic rings. The van der Waals surface area contributed by atoms with Crippen molar-refractivity contribution in [3.05, 3.63) is 52.2 Å². The highest BCUT2D eigenvalue weighted by molar-refractivity contribution is 7.92. The molecule has 11 heteroatoms. The molecule has 3 rings (SSSR count). The number of thiazole rings is 1. The summed E-state index contributed by atoms with van der Waals surface area (Å²) in [5.41, 5.74) is 3.56. The van der Waals surface area contributed by atoms with Crippen LogP contribution in [0.2, 0.25) is 0 Å². The molecule has 164 valence electrons. The number of carbonyl (C=O) groups is 2. The minimum atomic E-state index is -3.35. The van der Waals surface area contributed by atoms with Crippen LogP contribution in [0.3, 0.4) is 0 Å². The molecule has 0 aliphatic heterocycles. The van der Waals surface area contributed by atoms with E-state index in [2.05, 4.69) is 20.0 Å². The van der Waals surface area contributed by atoms with E-state index in [0.29, 0.717) is 33.3 Å². The van der Waals surface area contributed by atoms with E-state index in [0.717, 1.165) is 11.8 Å². The third-order valence-corrected chi connectivity index (χ3v) is 5.72. The Kier molecular flexibility index (Phi) is 6.46. The zero-order valence-corrected chi connectivity index (χ0v) is 19.0. The molecule has 0 spiro atoms. The number of esters is 1. The van der Waals surface area contributed by atoms with Crippen molar-refractivity contribution in [3.63, 3.8) is 0 Å². The van der Waals surface area contributed by atoms with Gasteiger partial charge in [-0.15, -0.1) is 11.3 Å². The van der Waals surface area contributed by atoms with Gasteiger partial charge in [0, 0.05) is 22.3 Å². The van der Waals surface area contributed by atoms with E-state index in [-0.39, 0.29) is 12.3 Å². The smallest absolute Gasteiger partial charge is 0.340 e. The highest BCUT2D eigenvalue weighted by Crippen LogP contribution is 2.27. The molecule has 0 saturated heterocycles. The number of benzene rings is 1. The maximum atomic E-state index is 12.7. The third kappa shape index (κ3) is 5.30. The Morgan fingerprint density at radius 2 is 1.87 bits per heavy atom. The monoisotopic (exact) mass is 462 g/mol. The minimum absolute atomic E-state index is 0.248. The zero-order chi connectivity index (χ0) is 22.8. The van der Waals surface area contributed by atoms with Crippen LogP contribution in [0.15, 0.2) is 29.6 Å². The summed E-state index contributed by atoms with van der Waals surface area (Å²) in [4.78, 5) is 32.2. The Hall–Kier alpha value is -3.18. The molecular formula is C20H22N4O5S2. The number of hydrogen-bond acceptors (Lipinski definition) is 7. The van der Waals surface area contributed by atoms with Crippen LogP contribution in [0.4, 0.5) is 10.8 Å². The second-order valence-electron chi connectivity index (χ2n) is 6.79. The number of nitrogens with one attached hydrogen (secondary N) is 3. The van der Waals surface area contributed by atoms with Gasteiger partial charge in [-0.05, 0) is 38.5 Å². The Morgan fingerprint density at radius 3 is 2.48 bits per heavy atom. The SMILES string of the molecule is CCOC(=O)c1c(C)[nH]c(C(=O)Nc2nc(-c3ccc(NS(C)(=O)=O)cc3)cs2)c1C. The van der Waals surface area contributed by atoms with Crippen molar-refractivity contribution in [1.82, 2.24) is 9.97 Å². The number of H-pyrrole nitrogens is 1. The van der Waals surface area contributed by atoms with E-state index in [4.69, 9.17) is 4.74 Å². The Morgan fingerprint density at radius 1 is 1.19 bits per heavy atom. The van der Waals surface area contributed by atoms with Gasteiger partial charge < -0.3 is 9.72 Å². The van der Waals surface area contributed by atoms with Crippen molar-refractivity contribution in [1.29, 1.82) is 0 Å². The standard InChI is InChI=1S/C20H22N4O5S2/c1-5-29-19(26)16-11(2)17(21-12(16)3)18(25)23-20-22-15(10-30-20)13-6-8-14(9-7-13)24-31(4,27)28/h6-10,21,24H,5H2,1-4H3,(H,22,23,25). The van der Waals surface area contributed by atoms with Gasteiger partial charge in [0.25, 0.3) is 5.91 Å². The van der Waals surface area contributed by atoms with Crippen LogP contribution in [0.25, 0.3) is 11.3 Å². The topological polar surface area (TPSA) is 130 Å². The molecule has 0 radical (unpaired) electrons. The summed E-state index contributed by atoms with van der Waals surface area (Å²) in [5, 5.41) is 4.91. The number of carbonyl (C=O) groups excluding carboxylic acids is 2. The van der Waals surface area contributed by atoms with Gasteiger partial charge in [0.15, 0.2) is 5.13 Å². The molecular weight excluding hydrogens is 440 g/mol. The van der Waals surface area contributed by atoms with Crippen LogP contribution < -0.4 is 10.0 Å². The molecule has 31 heavy (non-hydrogen) atoms. The number of nitrogens with zero attached hydrogens (tertiary/aromatic N) is 1. The fraction of sp³-hybridized carbons (Fsp3) is 0.250. The zero-order valence-electron chi connectivity index (χ0n) is 17.4. The van der Waals surface area contributed by atoms with E-state index >= 15 is 0 Å². The van der Waals surface area contributed by atoms with Gasteiger partial charge in [-0.1, -0.05) is 12.1 Å². The number of aromatic nitrogens is 2. The maximum Gasteiger partial charge on any atom is 0.340 e. The lowest BCUT2D eigenvalue weighted by Crippen LogP contribution is -2.14. The summed E-state index contributed by atoms with van der Waals surface area (Å²) in [6.45, 7) is 5.36. The Bertz CT molecular complexity index is 1230. The Balaban J connectivity index is 1.75. The normalized spacial score (nSPS) is 11.2. The second-order valence-corrected chi connectivity index (χ2v) is 9.40. The van der Waals surface area contributed by atoms with Crippen LogP contribution in [0.1, 0.15) is 39.0 Å². The average molecular weight is 463 g/mol. The second kappa shape index (κ2) is 8.90. The number of hydrogen-bond donors (Lipinski definition) is 3. The first kappa shape index (κ1) is 22.5. The van der Waals surface area contributed by atoms with E-state index in [9.17, 15) is 18.0 Å². The maximum absolute atomic E-state index is 12.7. The molecule has 0 unspecified atom stereocenters. The number of aromatic amines is 1. The van der Waals surface area contributed by atoms with E-state index in [1.54, 1.807) is 50.4 Å². The van der Waals surface area contributed by atoms with Crippen molar-refractivity contribution in [2.24, 2.45) is 0 Å². The Labute approximate surface area is 183 Å². The average Bonchev–Trinajstić information content (AvgIpc) is 3.25. The molecule has 0 aliphatic rings. The van der Waals surface area contributed by atoms with Gasteiger partial charge in [0.05, 0.1) is 24.1 Å². The van der Waals surface area contributed by atoms with Crippen molar-refractivity contribution in [2.45, 2.75) is 20.8 Å². The van der Waals surface area contributed by atoms with Gasteiger partial charge in [0.1, 0.15) is 5.69 Å². The summed E-state index contributed by atoms with van der Waals surface area (Å²) < 4.78 is 30.1. The van der Waals surface area contributed by atoms with Crippen molar-refractivity contribution in [2.75, 3.05) is 22.9 Å². The van der Waals surface area contributed by atoms with Gasteiger partial charge >= 0.3 is 5.97 Å². The van der Waals surface area contributed by atoms with Crippen LogP contribution in [0, 0.1) is 13.8 Å². The van der Waals surface area contributed by atoms with Gasteiger partial charge in [-0.2, -0.15) is 0 Å². The van der Waals surface area contributed by atoms with E-state index < -0.39 is 21.9 Å². The number of sulfonamides is 1. The molecule has 3 N–H and O–H groups in total. The number of ether oxygens (including phenoxy) is 1. The first-order valence-corrected chi connectivity index (χ1v) is 12.1. The van der Waals surface area contributed by atoms with Crippen molar-refractivity contribution in [3.8, 4) is 11.3 Å². The molecule has 0 bridgehead atoms. The highest BCUT2D eigenvalue weighted by atomic mass is 32.2. The van der Waals surface area contributed by atoms with Crippen LogP contribution in [0.5, 0.6) is 0 Å². The molecule has 1 aromatic carbocycles. The highest BCUT2D eigenvalue weighted by Gasteiger charge is 2.23. The summed E-state index contributed by atoms with van der Waals surface area (Å²) in [7, 11) is -3.35. The lowest BCUT2D eigenvalue weighted by molar-refractivity contribution is 0.0525. The van der Waals surface area contributed by atoms with Gasteiger partial charge in [-0.25, -0.2) is 18.2 Å². The first-order valence-electron chi connectivity index (χ1n) is 9.30. The van der Waals surface area contributed by atoms with Crippen LogP contribution in [-0.2, 0) is 14.8 Å². The van der Waals surface area contributed by atoms with E-state index in [1.807, 2.05) is 0 Å². The number of amides is 1. The van der Waals surface area contributed by atoms with Crippen molar-refractivity contribution < 1.29 is 22.7 Å². The number of rotatable bonds is 7. The lowest BCUT2D eigenvalue weighted by atomic mass is 10.1. The fourth-order valence-corrected chi connectivity index (χ4v) is 4.31. The molecule has 2 aromatic heterocycles. The third-order valence-electron chi connectivity index (χ3n) is 4.35. The molecule has 0 atom stereocenters. The van der Waals surface area contributed by atoms with Gasteiger partial charge in [-0.3, -0.25) is 14.8 Å². The number of aryl methyl sites for hydroxylation is 1. The molecule has 2 heterocycles. The van der Waals surface area contributed by atoms with E-state index in [1.165, 1.54) is 11.3 Å². The fourth-order valence-electron chi connectivity index (χ4n) is 3.03. The number of anilines is 2. The lowest BCUT2D eigenvalue weighted by Gasteiger charge is -2.04. The molecule has 9 nitrogen and oxygen atoms in total. The summed E-state index contributed by atoms with van der Waals surface area (Å²) in [6, 6.07) is 6.74.